The molecule has 1 saturated heterocycles. The molecule has 0 N–H and O–H groups in total. The summed E-state index contributed by atoms with van der Waals surface area (Å²) in [5.74, 6) is -0.0214. The van der Waals surface area contributed by atoms with Gasteiger partial charge in [0.1, 0.15) is 0 Å². The maximum atomic E-state index is 12.8. The number of aromatic nitrogens is 2. The maximum Gasteiger partial charge on any atom is 0.360 e. The van der Waals surface area contributed by atoms with E-state index >= 15 is 0 Å². The van der Waals surface area contributed by atoms with Crippen LogP contribution in [0.3, 0.4) is 0 Å². The van der Waals surface area contributed by atoms with Gasteiger partial charge >= 0.3 is 5.97 Å². The average Bonchev–Trinajstić information content (AvgIpc) is 2.76. The minimum absolute atomic E-state index is 0.174. The van der Waals surface area contributed by atoms with Crippen LogP contribution < -0.4 is 4.90 Å². The van der Waals surface area contributed by atoms with Crippen molar-refractivity contribution in [2.45, 2.75) is 40.0 Å². The summed E-state index contributed by atoms with van der Waals surface area (Å²) in [5.41, 5.74) is 2.66. The lowest BCUT2D eigenvalue weighted by atomic mass is 9.77. The van der Waals surface area contributed by atoms with E-state index in [1.54, 1.807) is 13.0 Å². The molecule has 0 aliphatic carbocycles. The van der Waals surface area contributed by atoms with Crippen molar-refractivity contribution in [1.29, 1.82) is 5.26 Å². The van der Waals surface area contributed by atoms with Crippen LogP contribution >= 0.6 is 11.6 Å². The van der Waals surface area contributed by atoms with Gasteiger partial charge in [-0.15, -0.1) is 6.58 Å². The van der Waals surface area contributed by atoms with Crippen LogP contribution in [0.2, 0.25) is 5.02 Å². The fourth-order valence-corrected chi connectivity index (χ4v) is 4.15. The van der Waals surface area contributed by atoms with Crippen molar-refractivity contribution in [3.05, 3.63) is 52.8 Å². The predicted octanol–water partition coefficient (Wildman–Crippen LogP) is 5.28. The molecule has 1 aromatic heterocycles. The lowest BCUT2D eigenvalue weighted by Crippen LogP contribution is -2.40. The first kappa shape index (κ1) is 22.8. The van der Waals surface area contributed by atoms with Gasteiger partial charge in [-0.05, 0) is 45.6 Å². The minimum atomic E-state index is -0.516. The van der Waals surface area contributed by atoms with Gasteiger partial charge in [0.25, 0.3) is 0 Å². The number of hydrogen-bond donors (Lipinski definition) is 0. The van der Waals surface area contributed by atoms with Gasteiger partial charge in [0.2, 0.25) is 0 Å². The minimum Gasteiger partial charge on any atom is -0.461 e. The third-order valence-electron chi connectivity index (χ3n) is 5.76. The van der Waals surface area contributed by atoms with Crippen LogP contribution in [0.1, 0.15) is 47.9 Å². The van der Waals surface area contributed by atoms with E-state index in [0.29, 0.717) is 54.6 Å². The fourth-order valence-electron chi connectivity index (χ4n) is 3.93. The Morgan fingerprint density at radius 3 is 2.68 bits per heavy atom. The molecule has 2 aromatic rings. The summed E-state index contributed by atoms with van der Waals surface area (Å²) in [5, 5.41) is 10.3. The molecule has 0 atom stereocenters. The van der Waals surface area contributed by atoms with Gasteiger partial charge in [-0.3, -0.25) is 0 Å². The Morgan fingerprint density at radius 2 is 2.06 bits per heavy atom. The van der Waals surface area contributed by atoms with Crippen molar-refractivity contribution < 1.29 is 9.53 Å². The third kappa shape index (κ3) is 4.57. The molecule has 0 unspecified atom stereocenters. The first-order valence-corrected chi connectivity index (χ1v) is 10.8. The van der Waals surface area contributed by atoms with E-state index in [1.807, 2.05) is 36.9 Å². The average molecular weight is 439 g/mol. The summed E-state index contributed by atoms with van der Waals surface area (Å²) in [6, 6.07) is 8.16. The molecule has 1 aromatic carbocycles. The predicted molar refractivity (Wildman–Crippen MR) is 122 cm³/mol. The lowest BCUT2D eigenvalue weighted by molar-refractivity contribution is 0.0519. The molecule has 1 aliphatic heterocycles. The molecule has 6 nitrogen and oxygen atoms in total. The Kier molecular flexibility index (Phi) is 6.97. The molecule has 0 radical (unpaired) electrons. The van der Waals surface area contributed by atoms with E-state index in [4.69, 9.17) is 21.3 Å². The summed E-state index contributed by atoms with van der Waals surface area (Å²) < 4.78 is 5.28. The Morgan fingerprint density at radius 1 is 1.35 bits per heavy atom. The molecule has 2 heterocycles. The molecule has 0 spiro atoms. The van der Waals surface area contributed by atoms with Crippen molar-refractivity contribution in [2.75, 3.05) is 24.6 Å². The van der Waals surface area contributed by atoms with E-state index in [9.17, 15) is 10.1 Å². The number of aryl methyl sites for hydroxylation is 2. The second-order valence-electron chi connectivity index (χ2n) is 7.86. The second kappa shape index (κ2) is 9.49. The standard InChI is InChI=1S/C24H27ClN4O2/c1-5-10-24(15-26)11-13-29(14-12-24)22-21(23(30)31-6-2)28-20(17(4)27-22)18-9-7-8-16(3)19(18)25/h5,7-9H,1,6,10-14H2,2-4H3. The molecule has 31 heavy (non-hydrogen) atoms. The monoisotopic (exact) mass is 438 g/mol. The lowest BCUT2D eigenvalue weighted by Gasteiger charge is -2.37. The van der Waals surface area contributed by atoms with Crippen LogP contribution in [0, 0.1) is 30.6 Å². The van der Waals surface area contributed by atoms with Crippen molar-refractivity contribution in [3.8, 4) is 17.3 Å². The van der Waals surface area contributed by atoms with E-state index < -0.39 is 11.4 Å². The highest BCUT2D eigenvalue weighted by Gasteiger charge is 2.36. The smallest absolute Gasteiger partial charge is 0.360 e. The topological polar surface area (TPSA) is 79.1 Å². The number of rotatable bonds is 6. The number of nitrogens with zero attached hydrogens (tertiary/aromatic N) is 4. The summed E-state index contributed by atoms with van der Waals surface area (Å²) in [6.07, 6.45) is 3.79. The van der Waals surface area contributed by atoms with Gasteiger partial charge in [0.15, 0.2) is 11.5 Å². The van der Waals surface area contributed by atoms with Crippen LogP contribution in [-0.2, 0) is 4.74 Å². The maximum absolute atomic E-state index is 12.8. The second-order valence-corrected chi connectivity index (χ2v) is 8.24. The zero-order valence-electron chi connectivity index (χ0n) is 18.2. The zero-order chi connectivity index (χ0) is 22.6. The van der Waals surface area contributed by atoms with Crippen LogP contribution in [0.15, 0.2) is 30.9 Å². The summed E-state index contributed by atoms with van der Waals surface area (Å²) in [6.45, 7) is 10.8. The number of benzene rings is 1. The van der Waals surface area contributed by atoms with E-state index in [0.717, 1.165) is 11.1 Å². The van der Waals surface area contributed by atoms with Gasteiger partial charge in [-0.2, -0.15) is 5.26 Å². The molecule has 1 fully saturated rings. The number of anilines is 1. The van der Waals surface area contributed by atoms with Crippen LogP contribution in [0.4, 0.5) is 5.82 Å². The molecular weight excluding hydrogens is 412 g/mol. The third-order valence-corrected chi connectivity index (χ3v) is 6.26. The van der Waals surface area contributed by atoms with Gasteiger partial charge < -0.3 is 9.64 Å². The first-order valence-electron chi connectivity index (χ1n) is 10.4. The molecular formula is C24H27ClN4O2. The zero-order valence-corrected chi connectivity index (χ0v) is 19.0. The quantitative estimate of drug-likeness (QED) is 0.451. The molecule has 1 aliphatic rings. The molecule has 0 bridgehead atoms. The van der Waals surface area contributed by atoms with Crippen LogP contribution in [0.5, 0.6) is 0 Å². The van der Waals surface area contributed by atoms with Gasteiger partial charge in [-0.1, -0.05) is 35.9 Å². The van der Waals surface area contributed by atoms with Crippen molar-refractivity contribution in [1.82, 2.24) is 9.97 Å². The first-order chi connectivity index (χ1) is 14.9. The van der Waals surface area contributed by atoms with Crippen LogP contribution in [-0.4, -0.2) is 35.6 Å². The summed E-state index contributed by atoms with van der Waals surface area (Å²) in [4.78, 5) is 24.3. The van der Waals surface area contributed by atoms with E-state index in [-0.39, 0.29) is 12.3 Å². The highest BCUT2D eigenvalue weighted by molar-refractivity contribution is 6.34. The molecule has 7 heteroatoms. The highest BCUT2D eigenvalue weighted by Crippen LogP contribution is 2.38. The Balaban J connectivity index is 2.04. The number of nitriles is 1. The van der Waals surface area contributed by atoms with Gasteiger partial charge in [0, 0.05) is 18.7 Å². The number of halogens is 1. The summed E-state index contributed by atoms with van der Waals surface area (Å²) in [7, 11) is 0. The number of hydrogen-bond acceptors (Lipinski definition) is 6. The Bertz CT molecular complexity index is 1040. The number of carbonyl (C=O) groups excluding carboxylic acids is 1. The Labute approximate surface area is 188 Å². The van der Waals surface area contributed by atoms with Crippen LogP contribution in [0.25, 0.3) is 11.3 Å². The molecule has 0 amide bonds. The molecule has 162 valence electrons. The number of allylic oxidation sites excluding steroid dienone is 1. The fraction of sp³-hybridized carbons (Fsp3) is 0.417. The van der Waals surface area contributed by atoms with Crippen molar-refractivity contribution in [2.24, 2.45) is 5.41 Å². The number of esters is 1. The molecule has 3 rings (SSSR count). The van der Waals surface area contributed by atoms with Crippen molar-refractivity contribution >= 4 is 23.4 Å². The normalized spacial score (nSPS) is 15.3. The van der Waals surface area contributed by atoms with E-state index in [2.05, 4.69) is 17.6 Å². The summed E-state index contributed by atoms with van der Waals surface area (Å²) >= 11 is 6.53. The largest absolute Gasteiger partial charge is 0.461 e. The SMILES string of the molecule is C=CCC1(C#N)CCN(c2nc(C)c(-c3cccc(C)c3Cl)nc2C(=O)OCC)CC1. The number of ether oxygens (including phenoxy) is 1. The number of piperidine rings is 1. The van der Waals surface area contributed by atoms with E-state index in [1.165, 1.54) is 0 Å². The van der Waals surface area contributed by atoms with Gasteiger partial charge in [-0.25, -0.2) is 14.8 Å². The van der Waals surface area contributed by atoms with Crippen molar-refractivity contribution in [3.63, 3.8) is 0 Å². The highest BCUT2D eigenvalue weighted by atomic mass is 35.5. The van der Waals surface area contributed by atoms with Gasteiger partial charge in [0.05, 0.1) is 34.5 Å². The Hall–Kier alpha value is -2.91. The number of carbonyl (C=O) groups is 1. The molecule has 0 saturated carbocycles.